The van der Waals surface area contributed by atoms with Crippen LogP contribution in [0.15, 0.2) is 58.3 Å². The number of benzene rings is 2. The second kappa shape index (κ2) is 7.53. The molecule has 2 heterocycles. The molecular formula is C22H21Cl2N2O2+. The molecule has 1 aliphatic heterocycles. The lowest BCUT2D eigenvalue weighted by molar-refractivity contribution is -0.652. The molecule has 0 N–H and O–H groups in total. The lowest BCUT2D eigenvalue weighted by atomic mass is 10.2. The number of hydrogen-bond acceptors (Lipinski definition) is 3. The molecule has 0 radical (unpaired) electrons. The van der Waals surface area contributed by atoms with Crippen molar-refractivity contribution in [2.24, 2.45) is 7.05 Å². The molecule has 0 bridgehead atoms. The monoisotopic (exact) mass is 415 g/mol. The molecule has 6 heteroatoms. The Labute approximate surface area is 174 Å². The Bertz CT molecular complexity index is 1120. The van der Waals surface area contributed by atoms with E-state index in [4.69, 9.17) is 32.4 Å². The average Bonchev–Trinajstić information content (AvgIpc) is 3.18. The van der Waals surface area contributed by atoms with Gasteiger partial charge in [0.2, 0.25) is 11.5 Å². The standard InChI is InChI=1S/C22H21Cl2N2O2/c1-4-14(10-21-25(3)17-12-15(23)6-8-19(17)27-21)11-22-26(5-2)18-13-16(24)7-9-20(18)28-22/h6-13H,4-5H2,1-3H3/q+1. The van der Waals surface area contributed by atoms with E-state index in [0.29, 0.717) is 10.0 Å². The second-order valence-corrected chi connectivity index (χ2v) is 7.50. The van der Waals surface area contributed by atoms with E-state index in [0.717, 1.165) is 52.8 Å². The molecule has 144 valence electrons. The van der Waals surface area contributed by atoms with Gasteiger partial charge < -0.3 is 14.1 Å². The fourth-order valence-electron chi connectivity index (χ4n) is 3.34. The van der Waals surface area contributed by atoms with Crippen molar-refractivity contribution in [3.05, 3.63) is 69.9 Å². The van der Waals surface area contributed by atoms with Crippen LogP contribution in [-0.2, 0) is 7.05 Å². The summed E-state index contributed by atoms with van der Waals surface area (Å²) in [6.07, 6.45) is 4.92. The number of anilines is 1. The Hall–Kier alpha value is -2.43. The highest BCUT2D eigenvalue weighted by Crippen LogP contribution is 2.40. The summed E-state index contributed by atoms with van der Waals surface area (Å²) in [6.45, 7) is 4.98. The van der Waals surface area contributed by atoms with Gasteiger partial charge in [0.15, 0.2) is 5.75 Å². The van der Waals surface area contributed by atoms with Gasteiger partial charge in [-0.1, -0.05) is 30.1 Å². The van der Waals surface area contributed by atoms with E-state index >= 15 is 0 Å². The molecule has 0 spiro atoms. The van der Waals surface area contributed by atoms with Gasteiger partial charge in [-0.2, -0.15) is 4.57 Å². The SMILES string of the molecule is CCC(=Cc1oc2ccc(Cl)cc2[n+]1C)C=C1Oc2ccc(Cl)cc2N1CC. The minimum Gasteiger partial charge on any atom is -0.439 e. The van der Waals surface area contributed by atoms with Gasteiger partial charge in [-0.3, -0.25) is 0 Å². The first kappa shape index (κ1) is 18.9. The highest BCUT2D eigenvalue weighted by Gasteiger charge is 2.26. The van der Waals surface area contributed by atoms with Crippen LogP contribution in [0.1, 0.15) is 26.2 Å². The molecule has 4 rings (SSSR count). The topological polar surface area (TPSA) is 29.5 Å². The number of aryl methyl sites for hydroxylation is 1. The van der Waals surface area contributed by atoms with E-state index < -0.39 is 0 Å². The normalized spacial score (nSPS) is 15.4. The van der Waals surface area contributed by atoms with Gasteiger partial charge in [-0.25, -0.2) is 0 Å². The van der Waals surface area contributed by atoms with Crippen molar-refractivity contribution in [1.29, 1.82) is 0 Å². The van der Waals surface area contributed by atoms with Crippen LogP contribution in [0, 0.1) is 0 Å². The molecule has 0 aliphatic carbocycles. The number of hydrogen-bond donors (Lipinski definition) is 0. The number of ether oxygens (including phenoxy) is 1. The molecule has 1 aromatic heterocycles. The van der Waals surface area contributed by atoms with E-state index in [9.17, 15) is 0 Å². The first-order valence-corrected chi connectivity index (χ1v) is 10.0. The number of fused-ring (bicyclic) bond motifs is 2. The molecule has 0 amide bonds. The molecule has 0 unspecified atom stereocenters. The van der Waals surface area contributed by atoms with Crippen molar-refractivity contribution in [1.82, 2.24) is 0 Å². The number of nitrogens with zero attached hydrogens (tertiary/aromatic N) is 2. The van der Waals surface area contributed by atoms with Crippen molar-refractivity contribution in [3.63, 3.8) is 0 Å². The van der Waals surface area contributed by atoms with Gasteiger partial charge >= 0.3 is 5.89 Å². The molecule has 28 heavy (non-hydrogen) atoms. The highest BCUT2D eigenvalue weighted by molar-refractivity contribution is 6.31. The molecule has 2 aromatic carbocycles. The zero-order valence-electron chi connectivity index (χ0n) is 16.0. The van der Waals surface area contributed by atoms with Crippen LogP contribution in [0.4, 0.5) is 5.69 Å². The van der Waals surface area contributed by atoms with Gasteiger partial charge in [-0.15, -0.1) is 0 Å². The van der Waals surface area contributed by atoms with Crippen LogP contribution < -0.4 is 14.2 Å². The molecule has 1 aliphatic rings. The number of aromatic nitrogens is 1. The van der Waals surface area contributed by atoms with Crippen molar-refractivity contribution in [2.75, 3.05) is 11.4 Å². The zero-order valence-corrected chi connectivity index (χ0v) is 17.5. The van der Waals surface area contributed by atoms with Crippen molar-refractivity contribution < 1.29 is 13.7 Å². The fourth-order valence-corrected chi connectivity index (χ4v) is 3.67. The Morgan fingerprint density at radius 1 is 1.11 bits per heavy atom. The second-order valence-electron chi connectivity index (χ2n) is 6.63. The number of halogens is 2. The molecule has 0 saturated carbocycles. The summed E-state index contributed by atoms with van der Waals surface area (Å²) < 4.78 is 14.1. The first-order valence-electron chi connectivity index (χ1n) is 9.25. The quantitative estimate of drug-likeness (QED) is 0.480. The van der Waals surface area contributed by atoms with Crippen LogP contribution in [0.3, 0.4) is 0 Å². The van der Waals surface area contributed by atoms with Crippen LogP contribution in [-0.4, -0.2) is 6.54 Å². The summed E-state index contributed by atoms with van der Waals surface area (Å²) >= 11 is 12.3. The number of rotatable bonds is 4. The van der Waals surface area contributed by atoms with Crippen molar-refractivity contribution >= 4 is 46.1 Å². The largest absolute Gasteiger partial charge is 0.439 e. The average molecular weight is 416 g/mol. The van der Waals surface area contributed by atoms with Crippen molar-refractivity contribution in [2.45, 2.75) is 20.3 Å². The third-order valence-electron chi connectivity index (χ3n) is 4.86. The summed E-state index contributed by atoms with van der Waals surface area (Å²) in [7, 11) is 1.97. The van der Waals surface area contributed by atoms with Crippen LogP contribution in [0.25, 0.3) is 17.2 Å². The maximum atomic E-state index is 6.16. The maximum absolute atomic E-state index is 6.16. The molecule has 0 saturated heterocycles. The number of oxazole rings is 1. The minimum absolute atomic E-state index is 0.687. The summed E-state index contributed by atoms with van der Waals surface area (Å²) in [5.41, 5.74) is 3.83. The summed E-state index contributed by atoms with van der Waals surface area (Å²) in [5, 5.41) is 1.38. The number of allylic oxidation sites excluding steroid dienone is 2. The Kier molecular flexibility index (Phi) is 5.09. The zero-order chi connectivity index (χ0) is 19.8. The van der Waals surface area contributed by atoms with Crippen LogP contribution in [0.2, 0.25) is 10.0 Å². The van der Waals surface area contributed by atoms with E-state index in [1.807, 2.05) is 54.1 Å². The minimum atomic E-state index is 0.687. The van der Waals surface area contributed by atoms with Gasteiger partial charge in [0.05, 0.1) is 11.8 Å². The molecule has 3 aromatic rings. The molecular weight excluding hydrogens is 395 g/mol. The third kappa shape index (κ3) is 3.38. The Balaban J connectivity index is 1.73. The van der Waals surface area contributed by atoms with E-state index in [1.54, 1.807) is 0 Å². The Morgan fingerprint density at radius 2 is 1.86 bits per heavy atom. The van der Waals surface area contributed by atoms with Crippen LogP contribution in [0.5, 0.6) is 5.75 Å². The third-order valence-corrected chi connectivity index (χ3v) is 5.33. The predicted molar refractivity (Wildman–Crippen MR) is 114 cm³/mol. The summed E-state index contributed by atoms with van der Waals surface area (Å²) in [6, 6.07) is 11.3. The first-order chi connectivity index (χ1) is 13.5. The lowest BCUT2D eigenvalue weighted by Gasteiger charge is -2.16. The van der Waals surface area contributed by atoms with E-state index in [1.165, 1.54) is 0 Å². The van der Waals surface area contributed by atoms with Gasteiger partial charge in [-0.05, 0) is 49.2 Å². The molecule has 0 fully saturated rings. The highest BCUT2D eigenvalue weighted by atomic mass is 35.5. The smallest absolute Gasteiger partial charge is 0.374 e. The summed E-state index contributed by atoms with van der Waals surface area (Å²) in [5.74, 6) is 2.36. The maximum Gasteiger partial charge on any atom is 0.374 e. The van der Waals surface area contributed by atoms with Gasteiger partial charge in [0.25, 0.3) is 5.52 Å². The molecule has 0 atom stereocenters. The van der Waals surface area contributed by atoms with Crippen molar-refractivity contribution in [3.8, 4) is 5.75 Å². The van der Waals surface area contributed by atoms with Gasteiger partial charge in [0, 0.05) is 28.7 Å². The summed E-state index contributed by atoms with van der Waals surface area (Å²) in [4.78, 5) is 2.11. The predicted octanol–water partition coefficient (Wildman–Crippen LogP) is 6.12. The van der Waals surface area contributed by atoms with E-state index in [-0.39, 0.29) is 0 Å². The van der Waals surface area contributed by atoms with E-state index in [2.05, 4.69) is 24.8 Å². The Morgan fingerprint density at radius 3 is 2.61 bits per heavy atom. The van der Waals surface area contributed by atoms with Crippen LogP contribution >= 0.6 is 23.2 Å². The molecule has 4 nitrogen and oxygen atoms in total. The fraction of sp³-hybridized carbons (Fsp3) is 0.227. The van der Waals surface area contributed by atoms with Gasteiger partial charge in [0.1, 0.15) is 7.05 Å². The lowest BCUT2D eigenvalue weighted by Crippen LogP contribution is -2.29.